The maximum absolute atomic E-state index is 9.08. The van der Waals surface area contributed by atoms with Crippen LogP contribution in [-0.2, 0) is 6.42 Å². The van der Waals surface area contributed by atoms with Crippen LogP contribution < -0.4 is 5.32 Å². The van der Waals surface area contributed by atoms with Gasteiger partial charge in [-0.3, -0.25) is 0 Å². The molecular weight excluding hydrogens is 298 g/mol. The Morgan fingerprint density at radius 3 is 2.64 bits per heavy atom. The predicted octanol–water partition coefficient (Wildman–Crippen LogP) is 3.57. The van der Waals surface area contributed by atoms with Crippen LogP contribution in [0.15, 0.2) is 41.2 Å². The van der Waals surface area contributed by atoms with E-state index in [0.717, 1.165) is 17.0 Å². The quantitative estimate of drug-likeness (QED) is 0.524. The minimum atomic E-state index is -0.815. The lowest BCUT2D eigenvalue weighted by atomic mass is 10.1. The Kier molecular flexibility index (Phi) is 5.41. The Morgan fingerprint density at radius 1 is 1.32 bits per heavy atom. The molecular formula is C16H16ClN5. The molecule has 0 spiro atoms. The molecule has 6 heteroatoms. The van der Waals surface area contributed by atoms with E-state index in [1.54, 1.807) is 0 Å². The molecule has 0 amide bonds. The molecule has 1 aromatic carbocycles. The van der Waals surface area contributed by atoms with E-state index >= 15 is 0 Å². The van der Waals surface area contributed by atoms with Gasteiger partial charge in [0, 0.05) is 5.69 Å². The number of aryl methyl sites for hydroxylation is 1. The number of aliphatic imine (C=N–C) groups is 1. The number of unbranched alkanes of at least 4 members (excludes halogenated alkanes) is 1. The first-order valence-corrected chi connectivity index (χ1v) is 7.50. The summed E-state index contributed by atoms with van der Waals surface area (Å²) in [5.41, 5.74) is 1.44. The number of benzene rings is 1. The second kappa shape index (κ2) is 7.49. The van der Waals surface area contributed by atoms with Gasteiger partial charge in [0.25, 0.3) is 0 Å². The number of anilines is 1. The van der Waals surface area contributed by atoms with Gasteiger partial charge in [-0.15, -0.1) is 0 Å². The summed E-state index contributed by atoms with van der Waals surface area (Å²) in [5.74, 6) is 0.420. The first kappa shape index (κ1) is 15.9. The monoisotopic (exact) mass is 313 g/mol. The molecule has 0 saturated carbocycles. The number of nitriles is 2. The Balaban J connectivity index is 2.10. The second-order valence-corrected chi connectivity index (χ2v) is 5.29. The standard InChI is InChI=1S/C16H16ClN5/c1-2-3-4-12-5-7-13(8-6-12)21-16-15(17)22(11-19)14(9-18)10-20-16/h5-8,10,15H,2-4H2,1H3,(H,20,21). The Bertz CT molecular complexity index is 663. The normalized spacial score (nSPS) is 17.1. The molecule has 5 nitrogen and oxygen atoms in total. The predicted molar refractivity (Wildman–Crippen MR) is 86.9 cm³/mol. The van der Waals surface area contributed by atoms with Crippen molar-refractivity contribution >= 4 is 23.1 Å². The highest BCUT2D eigenvalue weighted by molar-refractivity contribution is 6.33. The van der Waals surface area contributed by atoms with Gasteiger partial charge in [-0.25, -0.2) is 9.89 Å². The molecule has 1 heterocycles. The number of hydrogen-bond acceptors (Lipinski definition) is 5. The Hall–Kier alpha value is -2.50. The minimum absolute atomic E-state index is 0.128. The molecule has 1 N–H and O–H groups in total. The first-order chi connectivity index (χ1) is 10.7. The van der Waals surface area contributed by atoms with Gasteiger partial charge in [0.05, 0.1) is 6.20 Å². The van der Waals surface area contributed by atoms with Gasteiger partial charge < -0.3 is 5.32 Å². The molecule has 2 rings (SSSR count). The van der Waals surface area contributed by atoms with E-state index in [9.17, 15) is 0 Å². The van der Waals surface area contributed by atoms with Gasteiger partial charge in [-0.1, -0.05) is 37.1 Å². The molecule has 0 aliphatic carbocycles. The van der Waals surface area contributed by atoms with Crippen LogP contribution in [-0.4, -0.2) is 16.2 Å². The molecule has 0 fully saturated rings. The van der Waals surface area contributed by atoms with Crippen LogP contribution in [0.2, 0.25) is 0 Å². The van der Waals surface area contributed by atoms with E-state index in [2.05, 4.69) is 29.4 Å². The maximum Gasteiger partial charge on any atom is 0.186 e. The summed E-state index contributed by atoms with van der Waals surface area (Å²) >= 11 is 6.19. The van der Waals surface area contributed by atoms with Crippen LogP contribution >= 0.6 is 11.6 Å². The maximum atomic E-state index is 9.08. The van der Waals surface area contributed by atoms with E-state index in [-0.39, 0.29) is 5.70 Å². The summed E-state index contributed by atoms with van der Waals surface area (Å²) in [4.78, 5) is 5.24. The molecule has 0 radical (unpaired) electrons. The molecule has 0 aromatic heterocycles. The van der Waals surface area contributed by atoms with Crippen molar-refractivity contribution in [1.82, 2.24) is 4.90 Å². The van der Waals surface area contributed by atoms with Gasteiger partial charge in [-0.2, -0.15) is 10.5 Å². The van der Waals surface area contributed by atoms with Crippen molar-refractivity contribution < 1.29 is 0 Å². The van der Waals surface area contributed by atoms with E-state index in [1.165, 1.54) is 24.6 Å². The zero-order chi connectivity index (χ0) is 15.9. The fourth-order valence-electron chi connectivity index (χ4n) is 2.06. The molecule has 1 aliphatic heterocycles. The van der Waals surface area contributed by atoms with Crippen molar-refractivity contribution in [3.63, 3.8) is 0 Å². The summed E-state index contributed by atoms with van der Waals surface area (Å²) in [6.07, 6.45) is 6.63. The van der Waals surface area contributed by atoms with Gasteiger partial charge in [-0.05, 0) is 30.5 Å². The summed E-state index contributed by atoms with van der Waals surface area (Å²) < 4.78 is 0. The SMILES string of the molecule is CCCCc1ccc(NC2=NC=C(C#N)N(C#N)C2Cl)cc1. The number of nitrogens with zero attached hydrogens (tertiary/aromatic N) is 4. The van der Waals surface area contributed by atoms with Gasteiger partial charge >= 0.3 is 0 Å². The van der Waals surface area contributed by atoms with Crippen LogP contribution in [0.4, 0.5) is 5.69 Å². The van der Waals surface area contributed by atoms with Crippen LogP contribution in [0.5, 0.6) is 0 Å². The average molecular weight is 314 g/mol. The van der Waals surface area contributed by atoms with Gasteiger partial charge in [0.2, 0.25) is 0 Å². The lowest BCUT2D eigenvalue weighted by molar-refractivity contribution is 0.524. The van der Waals surface area contributed by atoms with E-state index in [1.807, 2.05) is 24.4 Å². The fourth-order valence-corrected chi connectivity index (χ4v) is 2.32. The fraction of sp³-hybridized carbons (Fsp3) is 0.312. The van der Waals surface area contributed by atoms with Crippen LogP contribution in [0, 0.1) is 22.8 Å². The third-order valence-electron chi connectivity index (χ3n) is 3.31. The topological polar surface area (TPSA) is 75.2 Å². The smallest absolute Gasteiger partial charge is 0.186 e. The molecule has 1 unspecified atom stereocenters. The highest BCUT2D eigenvalue weighted by atomic mass is 35.5. The third-order valence-corrected chi connectivity index (χ3v) is 3.71. The number of halogens is 1. The lowest BCUT2D eigenvalue weighted by Crippen LogP contribution is -2.38. The van der Waals surface area contributed by atoms with Crippen molar-refractivity contribution in [2.75, 3.05) is 5.32 Å². The molecule has 1 aromatic rings. The van der Waals surface area contributed by atoms with Gasteiger partial charge in [0.15, 0.2) is 11.7 Å². The lowest BCUT2D eigenvalue weighted by Gasteiger charge is -2.25. The van der Waals surface area contributed by atoms with E-state index in [0.29, 0.717) is 5.84 Å². The van der Waals surface area contributed by atoms with E-state index < -0.39 is 5.50 Å². The zero-order valence-corrected chi connectivity index (χ0v) is 13.0. The summed E-state index contributed by atoms with van der Waals surface area (Å²) in [5, 5.41) is 21.1. The van der Waals surface area contributed by atoms with Crippen LogP contribution in [0.3, 0.4) is 0 Å². The molecule has 0 saturated heterocycles. The number of hydrogen-bond donors (Lipinski definition) is 1. The Labute approximate surface area is 135 Å². The number of nitrogens with one attached hydrogen (secondary N) is 1. The summed E-state index contributed by atoms with van der Waals surface area (Å²) in [6, 6.07) is 9.92. The number of amidine groups is 1. The molecule has 1 atom stereocenters. The number of rotatable bonds is 4. The summed E-state index contributed by atoms with van der Waals surface area (Å²) in [7, 11) is 0. The van der Waals surface area contributed by atoms with Gasteiger partial charge in [0.1, 0.15) is 17.6 Å². The van der Waals surface area contributed by atoms with Crippen LogP contribution in [0.1, 0.15) is 25.3 Å². The van der Waals surface area contributed by atoms with E-state index in [4.69, 9.17) is 22.1 Å². The highest BCUT2D eigenvalue weighted by Gasteiger charge is 2.27. The second-order valence-electron chi connectivity index (χ2n) is 4.87. The largest absolute Gasteiger partial charge is 0.341 e. The number of alkyl halides is 1. The van der Waals surface area contributed by atoms with Crippen molar-refractivity contribution in [2.24, 2.45) is 4.99 Å². The molecule has 112 valence electrons. The first-order valence-electron chi connectivity index (χ1n) is 7.06. The van der Waals surface area contributed by atoms with Crippen molar-refractivity contribution in [2.45, 2.75) is 31.7 Å². The molecule has 1 aliphatic rings. The zero-order valence-electron chi connectivity index (χ0n) is 12.3. The molecule has 22 heavy (non-hydrogen) atoms. The summed E-state index contributed by atoms with van der Waals surface area (Å²) in [6.45, 7) is 2.17. The molecule has 0 bridgehead atoms. The van der Waals surface area contributed by atoms with Crippen molar-refractivity contribution in [1.29, 1.82) is 10.5 Å². The van der Waals surface area contributed by atoms with Crippen molar-refractivity contribution in [3.8, 4) is 12.3 Å². The van der Waals surface area contributed by atoms with Crippen molar-refractivity contribution in [3.05, 3.63) is 41.7 Å². The average Bonchev–Trinajstić information content (AvgIpc) is 2.55. The minimum Gasteiger partial charge on any atom is -0.341 e. The third kappa shape index (κ3) is 3.58. The van der Waals surface area contributed by atoms with Crippen LogP contribution in [0.25, 0.3) is 0 Å². The Morgan fingerprint density at radius 2 is 2.05 bits per heavy atom. The highest BCUT2D eigenvalue weighted by Crippen LogP contribution is 2.20. The number of allylic oxidation sites excluding steroid dienone is 1.